The van der Waals surface area contributed by atoms with Crippen molar-refractivity contribution in [2.75, 3.05) is 20.2 Å². The minimum atomic E-state index is -0.534. The molecule has 0 radical (unpaired) electrons. The number of carbonyl (C=O) groups excluding carboxylic acids is 2. The molecular formula is C25H24N2O4. The Labute approximate surface area is 181 Å². The highest BCUT2D eigenvalue weighted by atomic mass is 16.5. The summed E-state index contributed by atoms with van der Waals surface area (Å²) in [6.07, 6.45) is 5.55. The number of Topliss-reactive ketones (excluding diaryl/α,β-unsaturated/α-hetero) is 1. The molecule has 0 unspecified atom stereocenters. The van der Waals surface area contributed by atoms with Crippen molar-refractivity contribution in [1.29, 1.82) is 0 Å². The fourth-order valence-electron chi connectivity index (χ4n) is 4.46. The fourth-order valence-corrected chi connectivity index (χ4v) is 4.46. The van der Waals surface area contributed by atoms with E-state index in [9.17, 15) is 9.59 Å². The Kier molecular flexibility index (Phi) is 4.77. The lowest BCUT2D eigenvalue weighted by Gasteiger charge is -2.44. The largest absolute Gasteiger partial charge is 0.497 e. The van der Waals surface area contributed by atoms with Crippen LogP contribution >= 0.6 is 0 Å². The Balaban J connectivity index is 1.27. The van der Waals surface area contributed by atoms with Crippen LogP contribution in [0, 0.1) is 0 Å². The van der Waals surface area contributed by atoms with Gasteiger partial charge in [0.05, 0.1) is 19.1 Å². The molecule has 1 saturated heterocycles. The number of ether oxygens (including phenoxy) is 2. The van der Waals surface area contributed by atoms with Crippen molar-refractivity contribution < 1.29 is 19.1 Å². The zero-order valence-corrected chi connectivity index (χ0v) is 17.4. The third-order valence-electron chi connectivity index (χ3n) is 6.28. The average molecular weight is 416 g/mol. The van der Waals surface area contributed by atoms with Crippen molar-refractivity contribution in [3.05, 3.63) is 78.1 Å². The van der Waals surface area contributed by atoms with Crippen LogP contribution < -0.4 is 9.47 Å². The van der Waals surface area contributed by atoms with Gasteiger partial charge in [-0.2, -0.15) is 0 Å². The van der Waals surface area contributed by atoms with Crippen molar-refractivity contribution in [2.24, 2.45) is 0 Å². The molecule has 0 saturated carbocycles. The first kappa shape index (κ1) is 19.4. The number of hydrogen-bond donors (Lipinski definition) is 0. The van der Waals surface area contributed by atoms with Crippen LogP contribution in [0.2, 0.25) is 0 Å². The Hall–Kier alpha value is -3.54. The molecule has 31 heavy (non-hydrogen) atoms. The maximum atomic E-state index is 13.0. The van der Waals surface area contributed by atoms with Gasteiger partial charge >= 0.3 is 0 Å². The molecule has 0 bridgehead atoms. The zero-order valence-electron chi connectivity index (χ0n) is 17.4. The van der Waals surface area contributed by atoms with Gasteiger partial charge in [-0.3, -0.25) is 9.59 Å². The number of rotatable bonds is 3. The summed E-state index contributed by atoms with van der Waals surface area (Å²) in [5.41, 5.74) is 1.73. The van der Waals surface area contributed by atoms with Gasteiger partial charge in [0.1, 0.15) is 17.1 Å². The van der Waals surface area contributed by atoms with Crippen LogP contribution in [0.1, 0.15) is 40.0 Å². The van der Waals surface area contributed by atoms with Crippen LogP contribution in [-0.2, 0) is 0 Å². The number of methoxy groups -OCH3 is 1. The van der Waals surface area contributed by atoms with Gasteiger partial charge in [0.15, 0.2) is 5.78 Å². The Morgan fingerprint density at radius 3 is 2.42 bits per heavy atom. The van der Waals surface area contributed by atoms with Crippen molar-refractivity contribution in [1.82, 2.24) is 9.47 Å². The Bertz CT molecular complexity index is 1110. The molecule has 1 fully saturated rings. The van der Waals surface area contributed by atoms with Crippen LogP contribution in [0.5, 0.6) is 11.5 Å². The Morgan fingerprint density at radius 2 is 1.74 bits per heavy atom. The van der Waals surface area contributed by atoms with E-state index in [-0.39, 0.29) is 11.7 Å². The highest BCUT2D eigenvalue weighted by molar-refractivity contribution is 6.01. The van der Waals surface area contributed by atoms with Crippen LogP contribution in [-0.4, -0.2) is 47.0 Å². The minimum Gasteiger partial charge on any atom is -0.497 e. The van der Waals surface area contributed by atoms with Crippen molar-refractivity contribution in [3.63, 3.8) is 0 Å². The van der Waals surface area contributed by atoms with E-state index >= 15 is 0 Å². The van der Waals surface area contributed by atoms with E-state index in [1.807, 2.05) is 58.3 Å². The third-order valence-corrected chi connectivity index (χ3v) is 6.28. The molecule has 5 rings (SSSR count). The number of aromatic nitrogens is 1. The minimum absolute atomic E-state index is 0.0150. The number of piperidine rings is 1. The third kappa shape index (κ3) is 3.58. The predicted octanol–water partition coefficient (Wildman–Crippen LogP) is 4.13. The number of nitrogens with zero attached hydrogens (tertiary/aromatic N) is 2. The fraction of sp³-hybridized carbons (Fsp3) is 0.280. The standard InChI is InChI=1S/C25H24N2O4/c1-30-20-8-9-23-21(16-20)22(28)17-25(31-23)10-14-27(15-11-25)24(29)18-4-6-19(7-5-18)26-12-2-3-13-26/h2-9,12-13,16H,10-11,14-15,17H2,1H3. The maximum absolute atomic E-state index is 13.0. The number of ketones is 1. The van der Waals surface area contributed by atoms with E-state index in [2.05, 4.69) is 0 Å². The summed E-state index contributed by atoms with van der Waals surface area (Å²) >= 11 is 0. The molecule has 6 heteroatoms. The van der Waals surface area contributed by atoms with Gasteiger partial charge in [-0.1, -0.05) is 0 Å². The summed E-state index contributed by atoms with van der Waals surface area (Å²) in [6, 6.07) is 16.9. The number of fused-ring (bicyclic) bond motifs is 1. The lowest BCUT2D eigenvalue weighted by Crippen LogP contribution is -2.52. The predicted molar refractivity (Wildman–Crippen MR) is 116 cm³/mol. The number of amides is 1. The molecule has 0 atom stereocenters. The van der Waals surface area contributed by atoms with Gasteiger partial charge in [-0.15, -0.1) is 0 Å². The second-order valence-electron chi connectivity index (χ2n) is 8.18. The van der Waals surface area contributed by atoms with E-state index in [1.165, 1.54) is 0 Å². The summed E-state index contributed by atoms with van der Waals surface area (Å²) in [7, 11) is 1.58. The lowest BCUT2D eigenvalue weighted by molar-refractivity contribution is -0.00576. The molecular weight excluding hydrogens is 392 g/mol. The molecule has 3 aromatic rings. The molecule has 2 aliphatic rings. The first-order chi connectivity index (χ1) is 15.1. The molecule has 158 valence electrons. The first-order valence-corrected chi connectivity index (χ1v) is 10.5. The summed E-state index contributed by atoms with van der Waals surface area (Å²) in [6.45, 7) is 1.13. The summed E-state index contributed by atoms with van der Waals surface area (Å²) in [5, 5.41) is 0. The second kappa shape index (κ2) is 7.61. The quantitative estimate of drug-likeness (QED) is 0.644. The zero-order chi connectivity index (χ0) is 21.4. The van der Waals surface area contributed by atoms with Crippen LogP contribution in [0.3, 0.4) is 0 Å². The number of benzene rings is 2. The molecule has 1 aromatic heterocycles. The highest BCUT2D eigenvalue weighted by Crippen LogP contribution is 2.40. The van der Waals surface area contributed by atoms with Crippen LogP contribution in [0.4, 0.5) is 0 Å². The average Bonchev–Trinajstić information content (AvgIpc) is 3.34. The number of hydrogen-bond acceptors (Lipinski definition) is 4. The van der Waals surface area contributed by atoms with Gasteiger partial charge in [0.25, 0.3) is 5.91 Å². The van der Waals surface area contributed by atoms with Gasteiger partial charge in [0, 0.05) is 49.6 Å². The molecule has 1 spiro atoms. The highest BCUT2D eigenvalue weighted by Gasteiger charge is 2.43. The molecule has 2 aromatic carbocycles. The SMILES string of the molecule is COc1ccc2c(c1)C(=O)CC1(CCN(C(=O)c3ccc(-n4cccc4)cc3)CC1)O2. The second-order valence-corrected chi connectivity index (χ2v) is 8.18. The molecule has 3 heterocycles. The van der Waals surface area contributed by atoms with Gasteiger partial charge in [0.2, 0.25) is 0 Å². The summed E-state index contributed by atoms with van der Waals surface area (Å²) in [5.74, 6) is 1.34. The Morgan fingerprint density at radius 1 is 1.03 bits per heavy atom. The summed E-state index contributed by atoms with van der Waals surface area (Å²) < 4.78 is 13.5. The molecule has 6 nitrogen and oxygen atoms in total. The van der Waals surface area contributed by atoms with Crippen LogP contribution in [0.25, 0.3) is 5.69 Å². The maximum Gasteiger partial charge on any atom is 0.253 e. The van der Waals surface area contributed by atoms with Crippen molar-refractivity contribution in [3.8, 4) is 17.2 Å². The number of likely N-dealkylation sites (tertiary alicyclic amines) is 1. The van der Waals surface area contributed by atoms with Crippen molar-refractivity contribution >= 4 is 11.7 Å². The van der Waals surface area contributed by atoms with Crippen LogP contribution in [0.15, 0.2) is 67.0 Å². The molecule has 2 aliphatic heterocycles. The van der Waals surface area contributed by atoms with E-state index in [4.69, 9.17) is 9.47 Å². The molecule has 0 N–H and O–H groups in total. The topological polar surface area (TPSA) is 60.8 Å². The molecule has 1 amide bonds. The van der Waals surface area contributed by atoms with E-state index < -0.39 is 5.60 Å². The monoisotopic (exact) mass is 416 g/mol. The van der Waals surface area contributed by atoms with E-state index in [0.29, 0.717) is 55.0 Å². The van der Waals surface area contributed by atoms with Crippen molar-refractivity contribution in [2.45, 2.75) is 24.9 Å². The summed E-state index contributed by atoms with van der Waals surface area (Å²) in [4.78, 5) is 27.6. The van der Waals surface area contributed by atoms with E-state index in [0.717, 1.165) is 5.69 Å². The first-order valence-electron chi connectivity index (χ1n) is 10.5. The smallest absolute Gasteiger partial charge is 0.253 e. The van der Waals surface area contributed by atoms with Gasteiger partial charge < -0.3 is 18.9 Å². The normalized spacial score (nSPS) is 17.2. The van der Waals surface area contributed by atoms with Gasteiger partial charge in [-0.05, 0) is 54.6 Å². The lowest BCUT2D eigenvalue weighted by atomic mass is 9.82. The molecule has 0 aliphatic carbocycles. The van der Waals surface area contributed by atoms with Gasteiger partial charge in [-0.25, -0.2) is 0 Å². The van der Waals surface area contributed by atoms with E-state index in [1.54, 1.807) is 25.3 Å². The number of carbonyl (C=O) groups is 2.